The highest BCUT2D eigenvalue weighted by Crippen LogP contribution is 2.23. The number of aromatic nitrogens is 2. The molecule has 0 radical (unpaired) electrons. The van der Waals surface area contributed by atoms with E-state index in [9.17, 15) is 9.59 Å². The Bertz CT molecular complexity index is 963. The van der Waals surface area contributed by atoms with Crippen molar-refractivity contribution in [3.63, 3.8) is 0 Å². The molecule has 0 saturated carbocycles. The Morgan fingerprint density at radius 2 is 1.74 bits per heavy atom. The van der Waals surface area contributed by atoms with Crippen molar-refractivity contribution in [1.82, 2.24) is 15.3 Å². The van der Waals surface area contributed by atoms with Gasteiger partial charge in [0.05, 0.1) is 10.7 Å². The van der Waals surface area contributed by atoms with Crippen molar-refractivity contribution in [2.45, 2.75) is 6.54 Å². The molecule has 0 bridgehead atoms. The number of amides is 2. The molecule has 3 aromatic rings. The number of hydrogen-bond donors (Lipinski definition) is 2. The Hall–Kier alpha value is -2.96. The largest absolute Gasteiger partial charge is 0.348 e. The van der Waals surface area contributed by atoms with E-state index in [2.05, 4.69) is 20.6 Å². The molecule has 8 heteroatoms. The van der Waals surface area contributed by atoms with Crippen LogP contribution in [0.5, 0.6) is 0 Å². The minimum absolute atomic E-state index is 0.193. The molecule has 2 amide bonds. The van der Waals surface area contributed by atoms with Crippen LogP contribution in [0.2, 0.25) is 10.0 Å². The highest BCUT2D eigenvalue weighted by Gasteiger charge is 2.13. The highest BCUT2D eigenvalue weighted by atomic mass is 35.5. The maximum absolute atomic E-state index is 12.4. The Labute approximate surface area is 165 Å². The van der Waals surface area contributed by atoms with Gasteiger partial charge in [-0.15, -0.1) is 0 Å². The number of nitrogens with one attached hydrogen (secondary N) is 2. The minimum atomic E-state index is -0.446. The van der Waals surface area contributed by atoms with Crippen LogP contribution in [-0.2, 0) is 6.54 Å². The first-order valence-corrected chi connectivity index (χ1v) is 8.68. The quantitative estimate of drug-likeness (QED) is 0.678. The van der Waals surface area contributed by atoms with E-state index in [0.717, 1.165) is 5.56 Å². The molecule has 136 valence electrons. The molecule has 1 aromatic heterocycles. The van der Waals surface area contributed by atoms with Crippen LogP contribution in [0.3, 0.4) is 0 Å². The molecule has 3 rings (SSSR count). The fourth-order valence-corrected chi connectivity index (χ4v) is 2.55. The lowest BCUT2D eigenvalue weighted by Gasteiger charge is -2.10. The highest BCUT2D eigenvalue weighted by molar-refractivity contribution is 6.34. The average molecular weight is 401 g/mol. The minimum Gasteiger partial charge on any atom is -0.348 e. The molecule has 6 nitrogen and oxygen atoms in total. The zero-order valence-corrected chi connectivity index (χ0v) is 15.5. The van der Waals surface area contributed by atoms with Gasteiger partial charge in [0.25, 0.3) is 11.8 Å². The lowest BCUT2D eigenvalue weighted by atomic mass is 10.1. The van der Waals surface area contributed by atoms with Gasteiger partial charge in [-0.25, -0.2) is 9.97 Å². The van der Waals surface area contributed by atoms with Gasteiger partial charge < -0.3 is 10.6 Å². The summed E-state index contributed by atoms with van der Waals surface area (Å²) in [7, 11) is 0. The molecule has 2 N–H and O–H groups in total. The monoisotopic (exact) mass is 400 g/mol. The van der Waals surface area contributed by atoms with Gasteiger partial charge >= 0.3 is 0 Å². The third-order valence-corrected chi connectivity index (χ3v) is 4.24. The van der Waals surface area contributed by atoms with Crippen molar-refractivity contribution < 1.29 is 9.59 Å². The van der Waals surface area contributed by atoms with Gasteiger partial charge in [-0.2, -0.15) is 0 Å². The normalized spacial score (nSPS) is 10.3. The summed E-state index contributed by atoms with van der Waals surface area (Å²) in [4.78, 5) is 32.2. The molecule has 2 aromatic carbocycles. The Morgan fingerprint density at radius 3 is 2.44 bits per heavy atom. The van der Waals surface area contributed by atoms with Gasteiger partial charge in [0.15, 0.2) is 0 Å². The lowest BCUT2D eigenvalue weighted by Crippen LogP contribution is -2.23. The standard InChI is InChI=1S/C19H14Cl2N4O2/c20-14-4-1-12(2-5-14)10-23-18(26)13-3-6-15(21)17(9-13)25-19(27)16-7-8-22-11-24-16/h1-9,11H,10H2,(H,23,26)(H,25,27). The maximum Gasteiger partial charge on any atom is 0.274 e. The number of hydrogen-bond acceptors (Lipinski definition) is 4. The fraction of sp³-hybridized carbons (Fsp3) is 0.0526. The third kappa shape index (κ3) is 5.03. The van der Waals surface area contributed by atoms with E-state index in [4.69, 9.17) is 23.2 Å². The van der Waals surface area contributed by atoms with Crippen LogP contribution in [0.25, 0.3) is 0 Å². The zero-order valence-electron chi connectivity index (χ0n) is 13.9. The molecular weight excluding hydrogens is 387 g/mol. The number of carbonyl (C=O) groups is 2. The van der Waals surface area contributed by atoms with Crippen LogP contribution in [0.1, 0.15) is 26.4 Å². The van der Waals surface area contributed by atoms with Crippen LogP contribution in [0, 0.1) is 0 Å². The predicted molar refractivity (Wildman–Crippen MR) is 104 cm³/mol. The zero-order chi connectivity index (χ0) is 19.2. The van der Waals surface area contributed by atoms with Crippen molar-refractivity contribution >= 4 is 40.7 Å². The summed E-state index contributed by atoms with van der Waals surface area (Å²) in [5, 5.41) is 6.40. The molecule has 0 aliphatic rings. The lowest BCUT2D eigenvalue weighted by molar-refractivity contribution is 0.0949. The first-order chi connectivity index (χ1) is 13.0. The molecule has 0 atom stereocenters. The molecule has 0 fully saturated rings. The van der Waals surface area contributed by atoms with E-state index in [1.807, 2.05) is 12.1 Å². The fourth-order valence-electron chi connectivity index (χ4n) is 2.26. The molecule has 1 heterocycles. The van der Waals surface area contributed by atoms with Crippen molar-refractivity contribution in [3.05, 3.63) is 87.9 Å². The summed E-state index contributed by atoms with van der Waals surface area (Å²) < 4.78 is 0. The van der Waals surface area contributed by atoms with Crippen LogP contribution >= 0.6 is 23.2 Å². The molecule has 0 aliphatic heterocycles. The molecule has 0 saturated heterocycles. The third-order valence-electron chi connectivity index (χ3n) is 3.66. The summed E-state index contributed by atoms with van der Waals surface area (Å²) in [6.45, 7) is 0.348. The van der Waals surface area contributed by atoms with Crippen LogP contribution in [0.15, 0.2) is 61.1 Å². The second-order valence-corrected chi connectivity index (χ2v) is 6.40. The molecule has 0 aliphatic carbocycles. The second kappa shape index (κ2) is 8.62. The van der Waals surface area contributed by atoms with Gasteiger partial charge in [-0.05, 0) is 42.0 Å². The number of rotatable bonds is 5. The van der Waals surface area contributed by atoms with Gasteiger partial charge in [0.1, 0.15) is 12.0 Å². The van der Waals surface area contributed by atoms with Crippen LogP contribution in [-0.4, -0.2) is 21.8 Å². The predicted octanol–water partition coefficient (Wildman–Crippen LogP) is 3.97. The summed E-state index contributed by atoms with van der Waals surface area (Å²) >= 11 is 12.0. The van der Waals surface area contributed by atoms with Crippen molar-refractivity contribution in [3.8, 4) is 0 Å². The Balaban J connectivity index is 1.69. The summed E-state index contributed by atoms with van der Waals surface area (Å²) in [6, 6.07) is 13.3. The van der Waals surface area contributed by atoms with E-state index < -0.39 is 5.91 Å². The van der Waals surface area contributed by atoms with Gasteiger partial charge in [-0.1, -0.05) is 35.3 Å². The second-order valence-electron chi connectivity index (χ2n) is 5.55. The number of benzene rings is 2. The first-order valence-electron chi connectivity index (χ1n) is 7.92. The van der Waals surface area contributed by atoms with Crippen molar-refractivity contribution in [2.24, 2.45) is 0 Å². The van der Waals surface area contributed by atoms with Gasteiger partial charge in [-0.3, -0.25) is 9.59 Å². The van der Waals surface area contributed by atoms with E-state index in [1.54, 1.807) is 24.3 Å². The molecule has 0 unspecified atom stereocenters. The van der Waals surface area contributed by atoms with Gasteiger partial charge in [0.2, 0.25) is 0 Å². The number of carbonyl (C=O) groups excluding carboxylic acids is 2. The first kappa shape index (κ1) is 18.8. The molecule has 27 heavy (non-hydrogen) atoms. The van der Waals surface area contributed by atoms with E-state index in [1.165, 1.54) is 24.7 Å². The summed E-state index contributed by atoms with van der Waals surface area (Å²) in [5.74, 6) is -0.739. The smallest absolute Gasteiger partial charge is 0.274 e. The molecular formula is C19H14Cl2N4O2. The molecule has 0 spiro atoms. The Morgan fingerprint density at radius 1 is 0.963 bits per heavy atom. The average Bonchev–Trinajstić information content (AvgIpc) is 2.69. The number of anilines is 1. The van der Waals surface area contributed by atoms with Crippen LogP contribution < -0.4 is 10.6 Å². The number of halogens is 2. The maximum atomic E-state index is 12.4. The van der Waals surface area contributed by atoms with E-state index in [0.29, 0.717) is 27.8 Å². The topological polar surface area (TPSA) is 84.0 Å². The summed E-state index contributed by atoms with van der Waals surface area (Å²) in [6.07, 6.45) is 2.74. The van der Waals surface area contributed by atoms with Crippen molar-refractivity contribution in [1.29, 1.82) is 0 Å². The van der Waals surface area contributed by atoms with E-state index in [-0.39, 0.29) is 11.6 Å². The SMILES string of the molecule is O=C(NCc1ccc(Cl)cc1)c1ccc(Cl)c(NC(=O)c2ccncn2)c1. The van der Waals surface area contributed by atoms with Gasteiger partial charge in [0, 0.05) is 23.3 Å². The number of nitrogens with zero attached hydrogens (tertiary/aromatic N) is 2. The van der Waals surface area contributed by atoms with E-state index >= 15 is 0 Å². The Kier molecular flexibility index (Phi) is 6.01. The van der Waals surface area contributed by atoms with Crippen molar-refractivity contribution in [2.75, 3.05) is 5.32 Å². The van der Waals surface area contributed by atoms with Crippen LogP contribution in [0.4, 0.5) is 5.69 Å². The summed E-state index contributed by atoms with van der Waals surface area (Å²) in [5.41, 5.74) is 1.79.